The van der Waals surface area contributed by atoms with Gasteiger partial charge in [-0.25, -0.2) is 24.3 Å². The minimum atomic E-state index is -0.199. The van der Waals surface area contributed by atoms with Gasteiger partial charge in [0.2, 0.25) is 5.95 Å². The van der Waals surface area contributed by atoms with Gasteiger partial charge in [-0.15, -0.1) is 6.58 Å². The first-order valence-corrected chi connectivity index (χ1v) is 13.2. The third-order valence-corrected chi connectivity index (χ3v) is 7.27. The Morgan fingerprint density at radius 2 is 1.77 bits per heavy atom. The van der Waals surface area contributed by atoms with Crippen LogP contribution in [-0.4, -0.2) is 72.0 Å². The Balaban J connectivity index is 1.38. The number of allylic oxidation sites excluding steroid dienone is 1. The average molecular weight is 525 g/mol. The summed E-state index contributed by atoms with van der Waals surface area (Å²) in [6.07, 6.45) is 3.25. The predicted molar refractivity (Wildman–Crippen MR) is 154 cm³/mol. The smallest absolute Gasteiger partial charge is 0.278 e. The molecule has 1 aliphatic rings. The van der Waals surface area contributed by atoms with Crippen molar-refractivity contribution in [1.82, 2.24) is 38.8 Å². The molecule has 11 nitrogen and oxygen atoms in total. The molecule has 1 aromatic carbocycles. The van der Waals surface area contributed by atoms with Crippen molar-refractivity contribution in [3.8, 4) is 5.82 Å². The monoisotopic (exact) mass is 524 g/mol. The van der Waals surface area contributed by atoms with Crippen molar-refractivity contribution < 1.29 is 0 Å². The predicted octanol–water partition coefficient (Wildman–Crippen LogP) is 3.34. The van der Waals surface area contributed by atoms with Gasteiger partial charge in [-0.1, -0.05) is 6.08 Å². The summed E-state index contributed by atoms with van der Waals surface area (Å²) in [5.41, 5.74) is 3.91. The molecule has 5 aromatic rings. The van der Waals surface area contributed by atoms with Crippen LogP contribution in [0.5, 0.6) is 0 Å². The van der Waals surface area contributed by atoms with Crippen LogP contribution in [0.25, 0.3) is 28.0 Å². The lowest BCUT2D eigenvalue weighted by molar-refractivity contribution is 0.313. The lowest BCUT2D eigenvalue weighted by atomic mass is 10.2. The van der Waals surface area contributed by atoms with Crippen molar-refractivity contribution in [2.75, 3.05) is 43.4 Å². The highest BCUT2D eigenvalue weighted by atomic mass is 16.1. The first-order chi connectivity index (χ1) is 19.0. The van der Waals surface area contributed by atoms with Gasteiger partial charge in [-0.3, -0.25) is 4.79 Å². The number of hydrogen-bond acceptors (Lipinski definition) is 8. The molecule has 1 aliphatic heterocycles. The fraction of sp³-hybridized carbons (Fsp3) is 0.321. The van der Waals surface area contributed by atoms with Crippen LogP contribution >= 0.6 is 0 Å². The number of nitrogens with zero attached hydrogens (tertiary/aromatic N) is 9. The number of rotatable bonds is 7. The molecule has 39 heavy (non-hydrogen) atoms. The third kappa shape index (κ3) is 4.44. The summed E-state index contributed by atoms with van der Waals surface area (Å²) in [4.78, 5) is 36.8. The topological polar surface area (TPSA) is 102 Å². The molecule has 0 radical (unpaired) electrons. The van der Waals surface area contributed by atoms with E-state index in [1.54, 1.807) is 21.6 Å². The number of imidazole rings is 1. The Labute approximate surface area is 226 Å². The Morgan fingerprint density at radius 3 is 2.49 bits per heavy atom. The minimum Gasteiger partial charge on any atom is -0.369 e. The van der Waals surface area contributed by atoms with E-state index in [1.165, 1.54) is 5.69 Å². The van der Waals surface area contributed by atoms with Gasteiger partial charge in [-0.2, -0.15) is 4.98 Å². The second kappa shape index (κ2) is 9.99. The van der Waals surface area contributed by atoms with Crippen LogP contribution in [0.1, 0.15) is 12.7 Å². The first-order valence-electron chi connectivity index (χ1n) is 13.2. The van der Waals surface area contributed by atoms with E-state index in [4.69, 9.17) is 9.97 Å². The molecule has 11 heteroatoms. The molecule has 4 aromatic heterocycles. The molecule has 5 heterocycles. The van der Waals surface area contributed by atoms with Gasteiger partial charge in [0.25, 0.3) is 5.56 Å². The fourth-order valence-corrected chi connectivity index (χ4v) is 5.16. The number of likely N-dealkylation sites (N-methyl/N-ethyl adjacent to an activating group) is 1. The summed E-state index contributed by atoms with van der Waals surface area (Å²) in [7, 11) is 2.15. The second-order valence-corrected chi connectivity index (χ2v) is 9.80. The quantitative estimate of drug-likeness (QED) is 0.324. The molecule has 6 rings (SSSR count). The Hall–Kier alpha value is -4.51. The van der Waals surface area contributed by atoms with E-state index in [1.807, 2.05) is 35.8 Å². The van der Waals surface area contributed by atoms with Crippen LogP contribution in [-0.2, 0) is 13.1 Å². The molecule has 1 fully saturated rings. The molecule has 1 N–H and O–H groups in total. The van der Waals surface area contributed by atoms with E-state index in [-0.39, 0.29) is 5.56 Å². The summed E-state index contributed by atoms with van der Waals surface area (Å²) in [6, 6.07) is 12.1. The van der Waals surface area contributed by atoms with Gasteiger partial charge in [0, 0.05) is 50.3 Å². The van der Waals surface area contributed by atoms with E-state index in [0.29, 0.717) is 29.3 Å². The summed E-state index contributed by atoms with van der Waals surface area (Å²) in [5, 5.41) is 3.71. The van der Waals surface area contributed by atoms with Gasteiger partial charge in [0.1, 0.15) is 16.7 Å². The van der Waals surface area contributed by atoms with Crippen LogP contribution in [0.3, 0.4) is 0 Å². The summed E-state index contributed by atoms with van der Waals surface area (Å²) >= 11 is 0. The lowest BCUT2D eigenvalue weighted by Crippen LogP contribution is -2.44. The number of pyridine rings is 1. The molecule has 0 aliphatic carbocycles. The third-order valence-electron chi connectivity index (χ3n) is 7.27. The van der Waals surface area contributed by atoms with E-state index in [9.17, 15) is 4.79 Å². The molecule has 200 valence electrons. The highest BCUT2D eigenvalue weighted by molar-refractivity contribution is 5.78. The van der Waals surface area contributed by atoms with Crippen molar-refractivity contribution in [3.63, 3.8) is 0 Å². The van der Waals surface area contributed by atoms with Gasteiger partial charge in [0.15, 0.2) is 17.1 Å². The number of anilines is 3. The largest absolute Gasteiger partial charge is 0.369 e. The van der Waals surface area contributed by atoms with Gasteiger partial charge in [0.05, 0.1) is 6.54 Å². The Morgan fingerprint density at radius 1 is 1.00 bits per heavy atom. The van der Waals surface area contributed by atoms with Crippen molar-refractivity contribution in [2.45, 2.75) is 26.9 Å². The Bertz CT molecular complexity index is 1720. The molecular formula is C28H32N10O. The number of aryl methyl sites for hydroxylation is 2. The highest BCUT2D eigenvalue weighted by Crippen LogP contribution is 2.23. The molecule has 0 spiro atoms. The maximum Gasteiger partial charge on any atom is 0.278 e. The van der Waals surface area contributed by atoms with Crippen molar-refractivity contribution in [3.05, 3.63) is 71.4 Å². The maximum atomic E-state index is 13.3. The molecule has 0 amide bonds. The summed E-state index contributed by atoms with van der Waals surface area (Å²) in [6.45, 7) is 13.1. The van der Waals surface area contributed by atoms with Crippen molar-refractivity contribution >= 4 is 39.5 Å². The molecule has 0 saturated carbocycles. The lowest BCUT2D eigenvalue weighted by Gasteiger charge is -2.34. The highest BCUT2D eigenvalue weighted by Gasteiger charge is 2.19. The first kappa shape index (κ1) is 24.8. The summed E-state index contributed by atoms with van der Waals surface area (Å²) in [5.74, 6) is 1.87. The van der Waals surface area contributed by atoms with E-state index in [0.717, 1.165) is 55.4 Å². The number of nitrogens with one attached hydrogen (secondary N) is 1. The van der Waals surface area contributed by atoms with Gasteiger partial charge < -0.3 is 19.7 Å². The number of piperazine rings is 1. The van der Waals surface area contributed by atoms with Crippen LogP contribution in [0.4, 0.5) is 17.3 Å². The zero-order valence-electron chi connectivity index (χ0n) is 22.5. The van der Waals surface area contributed by atoms with Crippen LogP contribution in [0.2, 0.25) is 0 Å². The second-order valence-electron chi connectivity index (χ2n) is 9.80. The van der Waals surface area contributed by atoms with E-state index in [2.05, 4.69) is 57.8 Å². The number of fused-ring (bicyclic) bond motifs is 2. The number of benzene rings is 1. The zero-order valence-corrected chi connectivity index (χ0v) is 22.5. The standard InChI is InChI=1S/C28H32N10O/c1-5-13-37-27(39)22-18-29-28(31-20-7-9-21(10-8-20)35-16-14-34(4)15-17-35)33-25(22)38(37)24-12-11-23-26(32-24)36(6-2)19(3)30-23/h5,7-12,18H,1,6,13-17H2,2-4H3,(H,29,31,33). The fourth-order valence-electron chi connectivity index (χ4n) is 5.16. The number of hydrogen-bond donors (Lipinski definition) is 1. The van der Waals surface area contributed by atoms with E-state index < -0.39 is 0 Å². The molecule has 0 unspecified atom stereocenters. The molecule has 1 saturated heterocycles. The van der Waals surface area contributed by atoms with Crippen LogP contribution in [0, 0.1) is 6.92 Å². The minimum absolute atomic E-state index is 0.199. The normalized spacial score (nSPS) is 14.4. The van der Waals surface area contributed by atoms with Gasteiger partial charge >= 0.3 is 0 Å². The molecule has 0 atom stereocenters. The van der Waals surface area contributed by atoms with Crippen LogP contribution < -0.4 is 15.8 Å². The van der Waals surface area contributed by atoms with Crippen LogP contribution in [0.15, 0.2) is 60.0 Å². The maximum absolute atomic E-state index is 13.3. The van der Waals surface area contributed by atoms with Gasteiger partial charge in [-0.05, 0) is 57.3 Å². The molecule has 0 bridgehead atoms. The van der Waals surface area contributed by atoms with Crippen molar-refractivity contribution in [2.24, 2.45) is 0 Å². The van der Waals surface area contributed by atoms with E-state index >= 15 is 0 Å². The Kier molecular flexibility index (Phi) is 6.35. The SMILES string of the molecule is C=CCn1c(=O)c2cnc(Nc3ccc(N4CCN(C)CC4)cc3)nc2n1-c1ccc2nc(C)n(CC)c2n1. The summed E-state index contributed by atoms with van der Waals surface area (Å²) < 4.78 is 5.37. The molecular weight excluding hydrogens is 492 g/mol. The van der Waals surface area contributed by atoms with Crippen molar-refractivity contribution in [1.29, 1.82) is 0 Å². The number of aromatic nitrogens is 7. The zero-order chi connectivity index (χ0) is 27.1. The average Bonchev–Trinajstić information content (AvgIpc) is 3.41.